The van der Waals surface area contributed by atoms with Crippen molar-refractivity contribution in [1.29, 1.82) is 0 Å². The minimum absolute atomic E-state index is 0.00665. The number of anilines is 1. The number of carbonyl (C=O) groups excluding carboxylic acids is 2. The lowest BCUT2D eigenvalue weighted by atomic mass is 10.1. The fourth-order valence-corrected chi connectivity index (χ4v) is 3.62. The molecule has 0 saturated carbocycles. The number of fused-ring (bicyclic) bond motifs is 1. The Kier molecular flexibility index (Phi) is 7.84. The third-order valence-electron chi connectivity index (χ3n) is 4.31. The topological polar surface area (TPSA) is 151 Å². The lowest BCUT2D eigenvalue weighted by Crippen LogP contribution is -2.18. The highest BCUT2D eigenvalue weighted by molar-refractivity contribution is 7.99. The summed E-state index contributed by atoms with van der Waals surface area (Å²) in [4.78, 5) is 46.6. The maximum Gasteiger partial charge on any atom is 0.328 e. The average Bonchev–Trinajstić information content (AvgIpc) is 3.04. The zero-order chi connectivity index (χ0) is 23.1. The van der Waals surface area contributed by atoms with E-state index in [9.17, 15) is 14.4 Å². The molecule has 0 aliphatic carbocycles. The number of ether oxygens (including phenoxy) is 3. The number of carbonyl (C=O) groups is 2. The largest absolute Gasteiger partial charge is 0.428 e. The van der Waals surface area contributed by atoms with Crippen molar-refractivity contribution in [2.24, 2.45) is 0 Å². The van der Waals surface area contributed by atoms with Gasteiger partial charge in [0.15, 0.2) is 16.6 Å². The molecule has 12 heteroatoms. The second kappa shape index (κ2) is 10.8. The van der Waals surface area contributed by atoms with E-state index >= 15 is 0 Å². The Labute approximate surface area is 187 Å². The molecule has 1 aromatic carbocycles. The predicted octanol–water partition coefficient (Wildman–Crippen LogP) is 1.09. The molecule has 3 rings (SSSR count). The number of imidazole rings is 1. The van der Waals surface area contributed by atoms with Crippen molar-refractivity contribution in [2.75, 3.05) is 32.0 Å². The van der Waals surface area contributed by atoms with Crippen molar-refractivity contribution < 1.29 is 23.8 Å². The molecule has 0 amide bonds. The standard InChI is InChI=1S/C20H23N5O6S/c1-12(26)30-11-31-15(27)9-13-4-3-5-14(8-13)10-25-18-16(22-20(25)28)17(21)23-19(24-18)32-7-6-29-2/h3-5,8H,6-7,9-11H2,1-2H3,(H,22,28)(H2,21,23,24). The smallest absolute Gasteiger partial charge is 0.328 e. The Morgan fingerprint density at radius 2 is 2.00 bits per heavy atom. The van der Waals surface area contributed by atoms with E-state index in [1.165, 1.54) is 23.3 Å². The number of hydrogen-bond acceptors (Lipinski definition) is 10. The van der Waals surface area contributed by atoms with Crippen LogP contribution in [0.15, 0.2) is 34.2 Å². The lowest BCUT2D eigenvalue weighted by Gasteiger charge is -2.08. The number of aromatic nitrogens is 4. The summed E-state index contributed by atoms with van der Waals surface area (Å²) in [7, 11) is 1.61. The molecule has 11 nitrogen and oxygen atoms in total. The maximum atomic E-state index is 12.5. The van der Waals surface area contributed by atoms with Gasteiger partial charge < -0.3 is 24.9 Å². The Balaban J connectivity index is 1.78. The fraction of sp³-hybridized carbons (Fsp3) is 0.350. The quantitative estimate of drug-likeness (QED) is 0.148. The number of rotatable bonds is 10. The minimum Gasteiger partial charge on any atom is -0.428 e. The van der Waals surface area contributed by atoms with Crippen LogP contribution in [0, 0.1) is 0 Å². The zero-order valence-electron chi connectivity index (χ0n) is 17.6. The van der Waals surface area contributed by atoms with Gasteiger partial charge in [-0.1, -0.05) is 36.0 Å². The molecule has 0 saturated heterocycles. The number of thioether (sulfide) groups is 1. The summed E-state index contributed by atoms with van der Waals surface area (Å²) in [5, 5.41) is 0.448. The summed E-state index contributed by atoms with van der Waals surface area (Å²) >= 11 is 1.38. The van der Waals surface area contributed by atoms with Crippen molar-refractivity contribution in [3.05, 3.63) is 45.9 Å². The van der Waals surface area contributed by atoms with Gasteiger partial charge in [-0.05, 0) is 11.1 Å². The first kappa shape index (κ1) is 23.3. The van der Waals surface area contributed by atoms with Crippen LogP contribution in [0.4, 0.5) is 5.82 Å². The van der Waals surface area contributed by atoms with Gasteiger partial charge in [-0.15, -0.1) is 0 Å². The number of esters is 2. The van der Waals surface area contributed by atoms with Crippen LogP contribution in [0.3, 0.4) is 0 Å². The van der Waals surface area contributed by atoms with E-state index in [1.54, 1.807) is 25.3 Å². The number of methoxy groups -OCH3 is 1. The van der Waals surface area contributed by atoms with E-state index < -0.39 is 18.7 Å². The van der Waals surface area contributed by atoms with Gasteiger partial charge in [0.2, 0.25) is 6.79 Å². The van der Waals surface area contributed by atoms with Gasteiger partial charge in [-0.3, -0.25) is 14.2 Å². The van der Waals surface area contributed by atoms with Gasteiger partial charge in [-0.2, -0.15) is 0 Å². The number of nitrogens with one attached hydrogen (secondary N) is 1. The first-order valence-electron chi connectivity index (χ1n) is 9.62. The SMILES string of the molecule is COCCSc1nc(N)c2[nH]c(=O)n(Cc3cccc(CC(=O)OCOC(C)=O)c3)c2n1. The molecule has 0 spiro atoms. The molecule has 2 heterocycles. The molecule has 0 unspecified atom stereocenters. The predicted molar refractivity (Wildman–Crippen MR) is 117 cm³/mol. The molecular formula is C20H23N5O6S. The molecule has 2 aromatic heterocycles. The van der Waals surface area contributed by atoms with Crippen LogP contribution in [-0.4, -0.2) is 57.7 Å². The highest BCUT2D eigenvalue weighted by Gasteiger charge is 2.15. The highest BCUT2D eigenvalue weighted by atomic mass is 32.2. The summed E-state index contributed by atoms with van der Waals surface area (Å²) in [5.74, 6) is -0.235. The molecule has 0 atom stereocenters. The number of nitrogens with two attached hydrogens (primary N) is 1. The first-order chi connectivity index (χ1) is 15.4. The molecule has 0 fully saturated rings. The zero-order valence-corrected chi connectivity index (χ0v) is 18.4. The number of nitrogen functional groups attached to an aromatic ring is 1. The number of hydrogen-bond donors (Lipinski definition) is 2. The van der Waals surface area contributed by atoms with Crippen molar-refractivity contribution in [1.82, 2.24) is 19.5 Å². The molecule has 32 heavy (non-hydrogen) atoms. The molecule has 0 bridgehead atoms. The van der Waals surface area contributed by atoms with E-state index in [0.29, 0.717) is 34.2 Å². The van der Waals surface area contributed by atoms with E-state index in [1.807, 2.05) is 6.07 Å². The summed E-state index contributed by atoms with van der Waals surface area (Å²) in [5.41, 5.74) is 7.88. The van der Waals surface area contributed by atoms with Gasteiger partial charge >= 0.3 is 17.6 Å². The number of H-pyrrole nitrogens is 1. The van der Waals surface area contributed by atoms with Crippen LogP contribution < -0.4 is 11.4 Å². The monoisotopic (exact) mass is 461 g/mol. The maximum absolute atomic E-state index is 12.5. The van der Waals surface area contributed by atoms with Crippen LogP contribution in [0.2, 0.25) is 0 Å². The van der Waals surface area contributed by atoms with Gasteiger partial charge in [0.1, 0.15) is 5.52 Å². The molecule has 3 N–H and O–H groups in total. The van der Waals surface area contributed by atoms with Gasteiger partial charge in [0.25, 0.3) is 0 Å². The third kappa shape index (κ3) is 6.08. The van der Waals surface area contributed by atoms with E-state index in [2.05, 4.69) is 19.7 Å². The molecule has 0 aliphatic heterocycles. The lowest BCUT2D eigenvalue weighted by molar-refractivity contribution is -0.165. The Bertz CT molecular complexity index is 1170. The van der Waals surface area contributed by atoms with Crippen LogP contribution in [0.5, 0.6) is 0 Å². The number of nitrogens with zero attached hydrogens (tertiary/aromatic N) is 3. The first-order valence-corrected chi connectivity index (χ1v) is 10.6. The minimum atomic E-state index is -0.536. The van der Waals surface area contributed by atoms with Crippen LogP contribution >= 0.6 is 11.8 Å². The molecular weight excluding hydrogens is 438 g/mol. The van der Waals surface area contributed by atoms with Crippen LogP contribution in [0.1, 0.15) is 18.1 Å². The highest BCUT2D eigenvalue weighted by Crippen LogP contribution is 2.21. The normalized spacial score (nSPS) is 10.9. The second-order valence-electron chi connectivity index (χ2n) is 6.71. The molecule has 0 aliphatic rings. The van der Waals surface area contributed by atoms with Gasteiger partial charge in [0.05, 0.1) is 19.6 Å². The van der Waals surface area contributed by atoms with Crippen molar-refractivity contribution in [2.45, 2.75) is 25.0 Å². The molecule has 170 valence electrons. The Morgan fingerprint density at radius 1 is 1.22 bits per heavy atom. The molecule has 0 radical (unpaired) electrons. The summed E-state index contributed by atoms with van der Waals surface area (Å²) < 4.78 is 16.0. The van der Waals surface area contributed by atoms with Crippen LogP contribution in [-0.2, 0) is 36.8 Å². The summed E-state index contributed by atoms with van der Waals surface area (Å²) in [6.45, 7) is 1.55. The Hall–Kier alpha value is -3.38. The van der Waals surface area contributed by atoms with Crippen molar-refractivity contribution in [3.63, 3.8) is 0 Å². The van der Waals surface area contributed by atoms with E-state index in [-0.39, 0.29) is 24.5 Å². The van der Waals surface area contributed by atoms with Gasteiger partial charge in [-0.25, -0.2) is 14.8 Å². The second-order valence-corrected chi connectivity index (χ2v) is 7.78. The van der Waals surface area contributed by atoms with E-state index in [4.69, 9.17) is 15.2 Å². The van der Waals surface area contributed by atoms with Crippen molar-refractivity contribution in [3.8, 4) is 0 Å². The van der Waals surface area contributed by atoms with Crippen LogP contribution in [0.25, 0.3) is 11.2 Å². The molecule has 3 aromatic rings. The fourth-order valence-electron chi connectivity index (χ4n) is 2.87. The summed E-state index contributed by atoms with van der Waals surface area (Å²) in [6, 6.07) is 7.16. The van der Waals surface area contributed by atoms with Crippen molar-refractivity contribution >= 4 is 40.7 Å². The number of benzene rings is 1. The summed E-state index contributed by atoms with van der Waals surface area (Å²) in [6.07, 6.45) is -0.00665. The number of aromatic amines is 1. The third-order valence-corrected chi connectivity index (χ3v) is 5.12. The average molecular weight is 462 g/mol. The Morgan fingerprint density at radius 3 is 2.75 bits per heavy atom. The van der Waals surface area contributed by atoms with Gasteiger partial charge in [0, 0.05) is 19.8 Å². The van der Waals surface area contributed by atoms with E-state index in [0.717, 1.165) is 5.56 Å².